The van der Waals surface area contributed by atoms with Gasteiger partial charge in [-0.25, -0.2) is 13.7 Å². The van der Waals surface area contributed by atoms with Crippen molar-refractivity contribution in [1.29, 1.82) is 0 Å². The van der Waals surface area contributed by atoms with Gasteiger partial charge in [0.2, 0.25) is 5.90 Å². The number of para-hydroxylation sites is 2. The molecule has 0 N–H and O–H groups in total. The minimum absolute atomic E-state index is 0.202. The lowest BCUT2D eigenvalue weighted by molar-refractivity contribution is 0.339. The van der Waals surface area contributed by atoms with Crippen LogP contribution in [0.3, 0.4) is 0 Å². The van der Waals surface area contributed by atoms with E-state index in [1.165, 1.54) is 12.1 Å². The van der Waals surface area contributed by atoms with Gasteiger partial charge in [-0.15, -0.1) is 0 Å². The number of anilines is 1. The van der Waals surface area contributed by atoms with Gasteiger partial charge in [0.1, 0.15) is 11.1 Å². The topological polar surface area (TPSA) is 63.0 Å². The highest BCUT2D eigenvalue weighted by Gasteiger charge is 2.46. The number of benzene rings is 3. The Morgan fingerprint density at radius 2 is 1.44 bits per heavy atom. The summed E-state index contributed by atoms with van der Waals surface area (Å²) in [4.78, 5) is 7.04. The first-order valence-corrected chi connectivity index (χ1v) is 13.5. The number of aliphatic imine (C=N–C) groups is 1. The number of piperazine rings is 1. The van der Waals surface area contributed by atoms with Crippen LogP contribution >= 0.6 is 7.52 Å². The minimum atomic E-state index is -3.57. The molecule has 7 nitrogen and oxygen atoms in total. The van der Waals surface area contributed by atoms with Crippen molar-refractivity contribution in [2.24, 2.45) is 4.99 Å². The van der Waals surface area contributed by atoms with E-state index in [-0.39, 0.29) is 11.7 Å². The van der Waals surface area contributed by atoms with Crippen LogP contribution in [0.1, 0.15) is 11.3 Å². The van der Waals surface area contributed by atoms with Gasteiger partial charge in [0.25, 0.3) is 0 Å². The van der Waals surface area contributed by atoms with Gasteiger partial charge in [0, 0.05) is 37.4 Å². The Morgan fingerprint density at radius 1 is 0.833 bits per heavy atom. The third-order valence-corrected chi connectivity index (χ3v) is 9.20. The lowest BCUT2D eigenvalue weighted by atomic mass is 10.2. The SMILES string of the molecule is Cc1nn(-c2ccccc2)c2c1P(=O)(N1CCN(c3ccccc3)CC1)OC(c1ccc(F)cc1)=N2. The molecule has 1 unspecified atom stereocenters. The molecule has 1 fully saturated rings. The summed E-state index contributed by atoms with van der Waals surface area (Å²) in [6, 6.07) is 25.7. The van der Waals surface area contributed by atoms with E-state index in [2.05, 4.69) is 17.0 Å². The number of nitrogens with zero attached hydrogens (tertiary/aromatic N) is 5. The molecule has 1 atom stereocenters. The molecule has 36 heavy (non-hydrogen) atoms. The van der Waals surface area contributed by atoms with E-state index in [0.717, 1.165) is 11.4 Å². The second kappa shape index (κ2) is 9.04. The molecule has 9 heteroatoms. The number of aryl methyl sites for hydroxylation is 1. The molecule has 2 aliphatic heterocycles. The summed E-state index contributed by atoms with van der Waals surface area (Å²) in [5.41, 5.74) is 3.13. The fourth-order valence-corrected chi connectivity index (χ4v) is 7.16. The zero-order valence-corrected chi connectivity index (χ0v) is 20.7. The van der Waals surface area contributed by atoms with Gasteiger partial charge in [-0.05, 0) is 55.5 Å². The Bertz CT molecular complexity index is 1460. The maximum atomic E-state index is 14.8. The number of halogens is 1. The molecule has 182 valence electrons. The molecule has 0 saturated carbocycles. The third kappa shape index (κ3) is 3.92. The van der Waals surface area contributed by atoms with Gasteiger partial charge in [0.05, 0.1) is 11.4 Å². The van der Waals surface area contributed by atoms with Crippen molar-refractivity contribution >= 4 is 30.2 Å². The lowest BCUT2D eigenvalue weighted by Crippen LogP contribution is -2.47. The van der Waals surface area contributed by atoms with E-state index in [4.69, 9.17) is 14.6 Å². The Morgan fingerprint density at radius 3 is 2.08 bits per heavy atom. The Hall–Kier alpha value is -3.74. The normalized spacial score (nSPS) is 19.9. The zero-order chi connectivity index (χ0) is 24.7. The Labute approximate surface area is 209 Å². The van der Waals surface area contributed by atoms with E-state index in [1.807, 2.05) is 60.1 Å². The molecule has 2 aliphatic rings. The molecule has 1 saturated heterocycles. The van der Waals surface area contributed by atoms with Crippen molar-refractivity contribution in [3.8, 4) is 5.69 Å². The van der Waals surface area contributed by atoms with Crippen LogP contribution in [0.5, 0.6) is 0 Å². The van der Waals surface area contributed by atoms with Crippen LogP contribution in [-0.4, -0.2) is 46.5 Å². The minimum Gasteiger partial charge on any atom is -0.410 e. The molecule has 0 aliphatic carbocycles. The van der Waals surface area contributed by atoms with E-state index in [1.54, 1.807) is 16.8 Å². The highest BCUT2D eigenvalue weighted by Crippen LogP contribution is 2.56. The van der Waals surface area contributed by atoms with Crippen molar-refractivity contribution in [3.05, 3.63) is 102 Å². The number of fused-ring (bicyclic) bond motifs is 1. The zero-order valence-electron chi connectivity index (χ0n) is 19.8. The van der Waals surface area contributed by atoms with Gasteiger partial charge >= 0.3 is 7.52 Å². The predicted octanol–water partition coefficient (Wildman–Crippen LogP) is 5.07. The molecule has 0 radical (unpaired) electrons. The standard InChI is InChI=1S/C27H25FN5O2P/c1-20-25-26(33(30-20)24-10-6-3-7-11-24)29-27(21-12-14-22(28)15-13-21)35-36(25,34)32-18-16-31(17-19-32)23-8-4-2-5-9-23/h2-15H,16-19H2,1H3. The summed E-state index contributed by atoms with van der Waals surface area (Å²) in [5.74, 6) is 0.327. The number of hydrogen-bond donors (Lipinski definition) is 0. The average molecular weight is 502 g/mol. The van der Waals surface area contributed by atoms with Crippen LogP contribution in [0.15, 0.2) is 89.9 Å². The highest BCUT2D eigenvalue weighted by atomic mass is 31.2. The van der Waals surface area contributed by atoms with Gasteiger partial charge < -0.3 is 9.42 Å². The van der Waals surface area contributed by atoms with Gasteiger partial charge in [0.15, 0.2) is 5.82 Å². The van der Waals surface area contributed by atoms with E-state index < -0.39 is 7.52 Å². The molecule has 1 aromatic heterocycles. The molecule has 0 amide bonds. The molecule has 4 aromatic rings. The molecule has 0 bridgehead atoms. The monoisotopic (exact) mass is 501 g/mol. The second-order valence-corrected chi connectivity index (χ2v) is 11.1. The van der Waals surface area contributed by atoms with Crippen molar-refractivity contribution in [1.82, 2.24) is 14.5 Å². The van der Waals surface area contributed by atoms with E-state index in [9.17, 15) is 8.96 Å². The predicted molar refractivity (Wildman–Crippen MR) is 139 cm³/mol. The van der Waals surface area contributed by atoms with Gasteiger partial charge in [-0.1, -0.05) is 36.4 Å². The van der Waals surface area contributed by atoms with Gasteiger partial charge in [-0.2, -0.15) is 10.1 Å². The first-order chi connectivity index (χ1) is 17.5. The summed E-state index contributed by atoms with van der Waals surface area (Å²) >= 11 is 0. The average Bonchev–Trinajstić information content (AvgIpc) is 3.27. The molecular weight excluding hydrogens is 476 g/mol. The fourth-order valence-electron chi connectivity index (χ4n) is 4.73. The lowest BCUT2D eigenvalue weighted by Gasteiger charge is -2.40. The quantitative estimate of drug-likeness (QED) is 0.366. The van der Waals surface area contributed by atoms with Crippen LogP contribution < -0.4 is 10.2 Å². The molecule has 3 heterocycles. The first kappa shape index (κ1) is 22.7. The Balaban J connectivity index is 1.42. The summed E-state index contributed by atoms with van der Waals surface area (Å²) < 4.78 is 38.4. The largest absolute Gasteiger partial charge is 0.410 e. The van der Waals surface area contributed by atoms with Crippen molar-refractivity contribution in [3.63, 3.8) is 0 Å². The summed E-state index contributed by atoms with van der Waals surface area (Å²) in [6.45, 7) is 4.37. The Kier molecular flexibility index (Phi) is 5.70. The maximum Gasteiger partial charge on any atom is 0.356 e. The van der Waals surface area contributed by atoms with Crippen molar-refractivity contribution in [2.45, 2.75) is 6.92 Å². The number of aromatic nitrogens is 2. The van der Waals surface area contributed by atoms with E-state index in [0.29, 0.717) is 48.6 Å². The van der Waals surface area contributed by atoms with Gasteiger partial charge in [-0.3, -0.25) is 4.57 Å². The van der Waals surface area contributed by atoms with Crippen LogP contribution in [0.25, 0.3) is 5.69 Å². The summed E-state index contributed by atoms with van der Waals surface area (Å²) in [6.07, 6.45) is 0. The summed E-state index contributed by atoms with van der Waals surface area (Å²) in [7, 11) is -3.57. The highest BCUT2D eigenvalue weighted by molar-refractivity contribution is 7.65. The van der Waals surface area contributed by atoms with Crippen LogP contribution in [-0.2, 0) is 9.09 Å². The van der Waals surface area contributed by atoms with Crippen LogP contribution in [0.2, 0.25) is 0 Å². The van der Waals surface area contributed by atoms with Crippen molar-refractivity contribution in [2.75, 3.05) is 31.1 Å². The van der Waals surface area contributed by atoms with Crippen LogP contribution in [0, 0.1) is 12.7 Å². The smallest absolute Gasteiger partial charge is 0.356 e. The van der Waals surface area contributed by atoms with Crippen molar-refractivity contribution < 1.29 is 13.5 Å². The molecule has 6 rings (SSSR count). The second-order valence-electron chi connectivity index (χ2n) is 8.82. The molecular formula is C27H25FN5O2P. The number of hydrogen-bond acceptors (Lipinski definition) is 5. The van der Waals surface area contributed by atoms with E-state index >= 15 is 0 Å². The molecule has 3 aromatic carbocycles. The third-order valence-electron chi connectivity index (χ3n) is 6.55. The first-order valence-electron chi connectivity index (χ1n) is 11.9. The fraction of sp³-hybridized carbons (Fsp3) is 0.185. The maximum absolute atomic E-state index is 14.8. The summed E-state index contributed by atoms with van der Waals surface area (Å²) in [5, 5.41) is 5.24. The molecule has 0 spiro atoms. The van der Waals surface area contributed by atoms with Crippen LogP contribution in [0.4, 0.5) is 15.9 Å². The number of rotatable bonds is 4.